The molecule has 0 spiro atoms. The number of hydrogen-bond acceptors (Lipinski definition) is 3. The molecule has 2 rings (SSSR count). The van der Waals surface area contributed by atoms with E-state index in [1.807, 2.05) is 0 Å². The molecule has 100 valence electrons. The van der Waals surface area contributed by atoms with Gasteiger partial charge in [0.15, 0.2) is 5.15 Å². The average molecular weight is 320 g/mol. The summed E-state index contributed by atoms with van der Waals surface area (Å²) in [5, 5.41) is 1.09. The topological polar surface area (TPSA) is 44.1 Å². The summed E-state index contributed by atoms with van der Waals surface area (Å²) in [6.45, 7) is 0.235. The number of ether oxygens (including phenoxy) is 1. The van der Waals surface area contributed by atoms with E-state index in [4.69, 9.17) is 39.5 Å². The van der Waals surface area contributed by atoms with Crippen LogP contribution in [0.1, 0.15) is 5.56 Å². The lowest BCUT2D eigenvalue weighted by molar-refractivity contribution is 0.401. The largest absolute Gasteiger partial charge is 0.489 e. The molecule has 0 radical (unpaired) electrons. The van der Waals surface area contributed by atoms with E-state index in [9.17, 15) is 4.79 Å². The van der Waals surface area contributed by atoms with Crippen molar-refractivity contribution >= 4 is 34.8 Å². The first-order chi connectivity index (χ1) is 9.02. The van der Waals surface area contributed by atoms with Gasteiger partial charge in [0.1, 0.15) is 0 Å². The van der Waals surface area contributed by atoms with Gasteiger partial charge in [-0.05, 0) is 23.8 Å². The minimum atomic E-state index is -0.376. The summed E-state index contributed by atoms with van der Waals surface area (Å²) in [7, 11) is 1.36. The Morgan fingerprint density at radius 3 is 2.74 bits per heavy atom. The van der Waals surface area contributed by atoms with Gasteiger partial charge >= 0.3 is 0 Å². The van der Waals surface area contributed by atoms with Crippen molar-refractivity contribution in [3.63, 3.8) is 0 Å². The Labute approximate surface area is 124 Å². The van der Waals surface area contributed by atoms with Crippen LogP contribution < -0.4 is 10.3 Å². The van der Waals surface area contributed by atoms with Gasteiger partial charge in [-0.3, -0.25) is 9.36 Å². The molecule has 19 heavy (non-hydrogen) atoms. The number of aromatic nitrogens is 2. The highest BCUT2D eigenvalue weighted by molar-refractivity contribution is 6.33. The van der Waals surface area contributed by atoms with Crippen LogP contribution in [0, 0.1) is 0 Å². The molecule has 0 amide bonds. The summed E-state index contributed by atoms with van der Waals surface area (Å²) in [6, 6.07) is 5.04. The first kappa shape index (κ1) is 14.2. The quantitative estimate of drug-likeness (QED) is 0.816. The van der Waals surface area contributed by atoms with E-state index < -0.39 is 0 Å². The van der Waals surface area contributed by atoms with E-state index in [0.29, 0.717) is 15.6 Å². The zero-order valence-corrected chi connectivity index (χ0v) is 12.1. The summed E-state index contributed by atoms with van der Waals surface area (Å²) in [6.07, 6.45) is 1.34. The van der Waals surface area contributed by atoms with Crippen molar-refractivity contribution in [2.75, 3.05) is 7.11 Å². The third kappa shape index (κ3) is 3.03. The molecule has 0 unspecified atom stereocenters. The van der Waals surface area contributed by atoms with Crippen molar-refractivity contribution in [3.05, 3.63) is 55.6 Å². The number of halogens is 3. The van der Waals surface area contributed by atoms with Gasteiger partial charge in [0.25, 0.3) is 5.56 Å². The lowest BCUT2D eigenvalue weighted by atomic mass is 10.2. The van der Waals surface area contributed by atoms with Crippen LogP contribution in [0.25, 0.3) is 0 Å². The van der Waals surface area contributed by atoms with Crippen molar-refractivity contribution in [3.8, 4) is 5.75 Å². The summed E-state index contributed by atoms with van der Waals surface area (Å²) >= 11 is 17.7. The maximum Gasteiger partial charge on any atom is 0.297 e. The molecule has 2 aromatic rings. The van der Waals surface area contributed by atoms with Gasteiger partial charge in [0.2, 0.25) is 5.75 Å². The number of rotatable bonds is 3. The predicted octanol–water partition coefficient (Wildman–Crippen LogP) is 3.26. The second-order valence-electron chi connectivity index (χ2n) is 3.74. The van der Waals surface area contributed by atoms with Gasteiger partial charge in [0, 0.05) is 10.0 Å². The van der Waals surface area contributed by atoms with Crippen LogP contribution in [0.3, 0.4) is 0 Å². The van der Waals surface area contributed by atoms with Crippen LogP contribution in [0.5, 0.6) is 5.75 Å². The molecule has 0 bridgehead atoms. The fourth-order valence-electron chi connectivity index (χ4n) is 1.58. The van der Waals surface area contributed by atoms with Crippen LogP contribution in [0.4, 0.5) is 0 Å². The fraction of sp³-hybridized carbons (Fsp3) is 0.167. The molecule has 0 aliphatic carbocycles. The maximum atomic E-state index is 12.1. The molecule has 7 heteroatoms. The monoisotopic (exact) mass is 318 g/mol. The highest BCUT2D eigenvalue weighted by atomic mass is 35.5. The molecule has 0 aliphatic rings. The van der Waals surface area contributed by atoms with Gasteiger partial charge < -0.3 is 4.74 Å². The van der Waals surface area contributed by atoms with Crippen LogP contribution >= 0.6 is 34.8 Å². The molecular formula is C12H9Cl3N2O2. The molecule has 0 N–H and O–H groups in total. The fourth-order valence-corrected chi connectivity index (χ4v) is 2.16. The number of benzene rings is 1. The summed E-state index contributed by atoms with van der Waals surface area (Å²) in [4.78, 5) is 15.9. The molecule has 0 saturated heterocycles. The number of hydrogen-bond donors (Lipinski definition) is 0. The standard InChI is InChI=1S/C12H9Cl3N2O2/c1-19-10-11(15)16-6-17(12(10)18)5-7-4-8(13)2-3-9(7)14/h2-4,6H,5H2,1H3. The van der Waals surface area contributed by atoms with Crippen LogP contribution in [0.15, 0.2) is 29.3 Å². The van der Waals surface area contributed by atoms with Crippen molar-refractivity contribution in [2.24, 2.45) is 0 Å². The Bertz CT molecular complexity index is 671. The van der Waals surface area contributed by atoms with Crippen molar-refractivity contribution in [1.29, 1.82) is 0 Å². The van der Waals surface area contributed by atoms with Crippen LogP contribution in [-0.4, -0.2) is 16.7 Å². The first-order valence-corrected chi connectivity index (χ1v) is 6.39. The van der Waals surface area contributed by atoms with Gasteiger partial charge in [-0.1, -0.05) is 34.8 Å². The molecule has 1 heterocycles. The molecule has 1 aromatic heterocycles. The molecule has 0 aliphatic heterocycles. The summed E-state index contributed by atoms with van der Waals surface area (Å²) in [5.74, 6) is 0.00215. The van der Waals surface area contributed by atoms with Crippen molar-refractivity contribution in [1.82, 2.24) is 9.55 Å². The zero-order valence-electron chi connectivity index (χ0n) is 9.86. The van der Waals surface area contributed by atoms with E-state index in [2.05, 4.69) is 4.98 Å². The Hall–Kier alpha value is -1.23. The highest BCUT2D eigenvalue weighted by Gasteiger charge is 2.11. The van der Waals surface area contributed by atoms with Gasteiger partial charge in [-0.25, -0.2) is 4.98 Å². The highest BCUT2D eigenvalue weighted by Crippen LogP contribution is 2.22. The second kappa shape index (κ2) is 5.82. The molecule has 1 aromatic carbocycles. The maximum absolute atomic E-state index is 12.1. The third-order valence-corrected chi connectivity index (χ3v) is 3.38. The zero-order chi connectivity index (χ0) is 14.0. The average Bonchev–Trinajstić information content (AvgIpc) is 2.38. The van der Waals surface area contributed by atoms with Gasteiger partial charge in [0.05, 0.1) is 20.0 Å². The van der Waals surface area contributed by atoms with E-state index in [0.717, 1.165) is 0 Å². The SMILES string of the molecule is COc1c(Cl)ncn(Cc2cc(Cl)ccc2Cl)c1=O. The van der Waals surface area contributed by atoms with E-state index >= 15 is 0 Å². The molecule has 0 saturated carbocycles. The van der Waals surface area contributed by atoms with Gasteiger partial charge in [-0.2, -0.15) is 0 Å². The minimum Gasteiger partial charge on any atom is -0.489 e. The van der Waals surface area contributed by atoms with Crippen LogP contribution in [0.2, 0.25) is 15.2 Å². The third-order valence-electron chi connectivity index (χ3n) is 2.51. The normalized spacial score (nSPS) is 10.5. The second-order valence-corrected chi connectivity index (χ2v) is 4.94. The lowest BCUT2D eigenvalue weighted by Gasteiger charge is -2.09. The number of methoxy groups -OCH3 is 1. The summed E-state index contributed by atoms with van der Waals surface area (Å²) < 4.78 is 6.27. The molecule has 4 nitrogen and oxygen atoms in total. The Morgan fingerprint density at radius 1 is 1.32 bits per heavy atom. The van der Waals surface area contributed by atoms with E-state index in [-0.39, 0.29) is 23.0 Å². The van der Waals surface area contributed by atoms with Crippen LogP contribution in [-0.2, 0) is 6.54 Å². The predicted molar refractivity (Wildman–Crippen MR) is 75.6 cm³/mol. The Kier molecular flexibility index (Phi) is 4.34. The first-order valence-electron chi connectivity index (χ1n) is 5.25. The Balaban J connectivity index is 2.44. The van der Waals surface area contributed by atoms with E-state index in [1.165, 1.54) is 18.0 Å². The van der Waals surface area contributed by atoms with Gasteiger partial charge in [-0.15, -0.1) is 0 Å². The smallest absolute Gasteiger partial charge is 0.297 e. The molecule has 0 atom stereocenters. The summed E-state index contributed by atoms with van der Waals surface area (Å²) in [5.41, 5.74) is 0.334. The Morgan fingerprint density at radius 2 is 2.05 bits per heavy atom. The lowest BCUT2D eigenvalue weighted by Crippen LogP contribution is -2.22. The minimum absolute atomic E-state index is 0.00215. The number of nitrogens with zero attached hydrogens (tertiary/aromatic N) is 2. The van der Waals surface area contributed by atoms with Crippen molar-refractivity contribution in [2.45, 2.75) is 6.54 Å². The molecular weight excluding hydrogens is 311 g/mol. The molecule has 0 fully saturated rings. The van der Waals surface area contributed by atoms with E-state index in [1.54, 1.807) is 18.2 Å². The van der Waals surface area contributed by atoms with Crippen molar-refractivity contribution < 1.29 is 4.74 Å².